The average molecular weight is 729 g/mol. The molecule has 0 radical (unpaired) electrons. The highest BCUT2D eigenvalue weighted by Gasteiger charge is 2.70. The molecular formula is C39H64N6O7. The highest BCUT2D eigenvalue weighted by Crippen LogP contribution is 2.65. The van der Waals surface area contributed by atoms with Crippen LogP contribution in [0.2, 0.25) is 0 Å². The summed E-state index contributed by atoms with van der Waals surface area (Å²) in [6, 6.07) is -4.12. The van der Waals surface area contributed by atoms with Gasteiger partial charge in [0.15, 0.2) is 0 Å². The number of nitrogens with one attached hydrogen (secondary N) is 5. The van der Waals surface area contributed by atoms with Crippen molar-refractivity contribution in [1.29, 1.82) is 0 Å². The van der Waals surface area contributed by atoms with Gasteiger partial charge in [0, 0.05) is 26.1 Å². The maximum Gasteiger partial charge on any atom is 0.407 e. The fourth-order valence-electron chi connectivity index (χ4n) is 7.74. The number of likely N-dealkylation sites (tertiary alicyclic amines) is 1. The van der Waals surface area contributed by atoms with Gasteiger partial charge in [0.1, 0.15) is 18.7 Å². The molecule has 1 saturated heterocycles. The van der Waals surface area contributed by atoms with E-state index in [0.717, 1.165) is 19.3 Å². The zero-order chi connectivity index (χ0) is 39.0. The van der Waals surface area contributed by atoms with Crippen LogP contribution >= 0.6 is 0 Å². The lowest BCUT2D eigenvalue weighted by molar-refractivity contribution is -0.146. The fraction of sp³-hybridized carbons (Fsp3) is 0.795. The van der Waals surface area contributed by atoms with Crippen LogP contribution in [0.15, 0.2) is 0 Å². The van der Waals surface area contributed by atoms with Crippen LogP contribution in [0.1, 0.15) is 114 Å². The molecule has 52 heavy (non-hydrogen) atoms. The quantitative estimate of drug-likeness (QED) is 0.118. The summed E-state index contributed by atoms with van der Waals surface area (Å²) in [5.41, 5.74) is -1.29. The predicted molar refractivity (Wildman–Crippen MR) is 199 cm³/mol. The van der Waals surface area contributed by atoms with E-state index in [9.17, 15) is 28.8 Å². The molecule has 1 aliphatic heterocycles. The molecule has 6 amide bonds. The van der Waals surface area contributed by atoms with Gasteiger partial charge in [-0.2, -0.15) is 0 Å². The van der Waals surface area contributed by atoms with Crippen molar-refractivity contribution in [3.05, 3.63) is 0 Å². The topological polar surface area (TPSA) is 175 Å². The highest BCUT2D eigenvalue weighted by molar-refractivity contribution is 6.38. The lowest BCUT2D eigenvalue weighted by atomic mass is 9.70. The highest BCUT2D eigenvalue weighted by atomic mass is 16.5. The van der Waals surface area contributed by atoms with E-state index >= 15 is 0 Å². The molecule has 0 spiro atoms. The van der Waals surface area contributed by atoms with Gasteiger partial charge in [-0.15, -0.1) is 12.3 Å². The molecule has 13 nitrogen and oxygen atoms in total. The summed E-state index contributed by atoms with van der Waals surface area (Å²) < 4.78 is 5.46. The van der Waals surface area contributed by atoms with Crippen LogP contribution in [0.5, 0.6) is 0 Å². The molecule has 13 heteroatoms. The minimum absolute atomic E-state index is 0.0535. The summed E-state index contributed by atoms with van der Waals surface area (Å²) in [7, 11) is 0. The number of nitrogens with zero attached hydrogens (tertiary/aromatic N) is 1. The van der Waals surface area contributed by atoms with E-state index < -0.39 is 64.7 Å². The van der Waals surface area contributed by atoms with Crippen molar-refractivity contribution in [1.82, 2.24) is 31.5 Å². The van der Waals surface area contributed by atoms with Gasteiger partial charge >= 0.3 is 12.1 Å². The standard InChI is InChI=1S/C39H64N6O7/c1-11-13-17-26(30(46)33(48)40-20-12-2)42-32(47)29-28-25(38(28,8)9)22-45(29)34(49)31(39(10)18-15-14-16-19-39)44-35(50)43-27(37(5,6)7)23-52-36(51)41-21-24(3)4/h1,24-29,31H,12-23H2,2-10H3,(H,40,48)(H,41,51)(H,42,47)(H2,43,44,50)/t25-,26?,27?,28-,29?,31?/m0/s1. The second kappa shape index (κ2) is 17.8. The number of rotatable bonds is 16. The van der Waals surface area contributed by atoms with E-state index in [4.69, 9.17) is 11.2 Å². The van der Waals surface area contributed by atoms with E-state index in [-0.39, 0.29) is 48.5 Å². The molecule has 0 bridgehead atoms. The maximum atomic E-state index is 14.8. The van der Waals surface area contributed by atoms with Crippen LogP contribution < -0.4 is 26.6 Å². The second-order valence-corrected chi connectivity index (χ2v) is 17.4. The minimum atomic E-state index is -1.14. The Bertz CT molecular complexity index is 1360. The van der Waals surface area contributed by atoms with Crippen LogP contribution in [0.4, 0.5) is 9.59 Å². The first-order valence-corrected chi connectivity index (χ1v) is 19.1. The molecule has 0 aromatic heterocycles. The Morgan fingerprint density at radius 3 is 2.19 bits per heavy atom. The molecule has 0 aromatic rings. The third-order valence-electron chi connectivity index (χ3n) is 11.3. The first-order valence-electron chi connectivity index (χ1n) is 19.1. The maximum absolute atomic E-state index is 14.8. The lowest BCUT2D eigenvalue weighted by Crippen LogP contribution is -2.63. The Morgan fingerprint density at radius 1 is 0.962 bits per heavy atom. The second-order valence-electron chi connectivity index (χ2n) is 17.4. The molecule has 0 aromatic carbocycles. The molecule has 2 aliphatic carbocycles. The molecule has 292 valence electrons. The summed E-state index contributed by atoms with van der Waals surface area (Å²) in [6.07, 6.45) is 10.1. The van der Waals surface area contributed by atoms with Crippen molar-refractivity contribution >= 4 is 35.6 Å². The largest absolute Gasteiger partial charge is 0.447 e. The van der Waals surface area contributed by atoms with Gasteiger partial charge in [-0.05, 0) is 59.7 Å². The number of hydrogen-bond acceptors (Lipinski definition) is 7. The van der Waals surface area contributed by atoms with E-state index in [1.807, 2.05) is 48.5 Å². The molecule has 3 rings (SSSR count). The van der Waals surface area contributed by atoms with Gasteiger partial charge < -0.3 is 36.2 Å². The van der Waals surface area contributed by atoms with Crippen molar-refractivity contribution in [2.45, 2.75) is 138 Å². The summed E-state index contributed by atoms with van der Waals surface area (Å²) in [6.45, 7) is 18.8. The molecule has 5 N–H and O–H groups in total. The SMILES string of the molecule is C#CCCC(NC(=O)C1[C@@H]2[C@H](CN1C(=O)C(NC(=O)NC(COC(=O)NCC(C)C)C(C)(C)C)C1(C)CCCCC1)C2(C)C)C(=O)C(=O)NCCC. The van der Waals surface area contributed by atoms with E-state index in [1.165, 1.54) is 0 Å². The van der Waals surface area contributed by atoms with Gasteiger partial charge in [0.05, 0.1) is 12.1 Å². The fourth-order valence-corrected chi connectivity index (χ4v) is 7.74. The molecule has 6 atom stereocenters. The lowest BCUT2D eigenvalue weighted by Gasteiger charge is -2.43. The average Bonchev–Trinajstić information content (AvgIpc) is 3.38. The number of fused-ring (bicyclic) bond motifs is 1. The molecule has 1 heterocycles. The zero-order valence-electron chi connectivity index (χ0n) is 32.9. The van der Waals surface area contributed by atoms with Crippen LogP contribution in [0.25, 0.3) is 0 Å². The number of carbonyl (C=O) groups excluding carboxylic acids is 6. The number of ketones is 1. The number of amides is 6. The third kappa shape index (κ3) is 10.6. The van der Waals surface area contributed by atoms with Gasteiger partial charge in [0.2, 0.25) is 17.6 Å². The number of carbonyl (C=O) groups is 6. The summed E-state index contributed by atoms with van der Waals surface area (Å²) in [5.74, 6) is 0.190. The van der Waals surface area contributed by atoms with Crippen LogP contribution in [0.3, 0.4) is 0 Å². The number of hydrogen-bond donors (Lipinski definition) is 5. The number of Topliss-reactive ketones (excluding diaryl/α,β-unsaturated/α-hetero) is 1. The molecule has 3 aliphatic rings. The van der Waals surface area contributed by atoms with Gasteiger partial charge in [0.25, 0.3) is 5.91 Å². The number of ether oxygens (including phenoxy) is 1. The normalized spacial score (nSPS) is 23.2. The number of alkyl carbamates (subject to hydrolysis) is 1. The smallest absolute Gasteiger partial charge is 0.407 e. The first-order chi connectivity index (χ1) is 24.3. The predicted octanol–water partition coefficient (Wildman–Crippen LogP) is 3.90. The van der Waals surface area contributed by atoms with E-state index in [1.54, 1.807) is 4.90 Å². The summed E-state index contributed by atoms with van der Waals surface area (Å²) >= 11 is 0. The Morgan fingerprint density at radius 2 is 1.62 bits per heavy atom. The van der Waals surface area contributed by atoms with Gasteiger partial charge in [-0.25, -0.2) is 9.59 Å². The van der Waals surface area contributed by atoms with Gasteiger partial charge in [-0.1, -0.05) is 81.6 Å². The Kier molecular flexibility index (Phi) is 14.6. The van der Waals surface area contributed by atoms with E-state index in [0.29, 0.717) is 38.9 Å². The number of urea groups is 1. The van der Waals surface area contributed by atoms with Crippen LogP contribution in [0, 0.1) is 46.3 Å². The summed E-state index contributed by atoms with van der Waals surface area (Å²) in [4.78, 5) is 82.5. The number of terminal acetylenes is 1. The zero-order valence-corrected chi connectivity index (χ0v) is 32.9. The minimum Gasteiger partial charge on any atom is -0.447 e. The van der Waals surface area contributed by atoms with Crippen LogP contribution in [-0.4, -0.2) is 90.9 Å². The first kappa shape index (κ1) is 42.6. The molecule has 4 unspecified atom stereocenters. The molecule has 2 saturated carbocycles. The van der Waals surface area contributed by atoms with E-state index in [2.05, 4.69) is 46.4 Å². The third-order valence-corrected chi connectivity index (χ3v) is 11.3. The van der Waals surface area contributed by atoms with Gasteiger partial charge in [-0.3, -0.25) is 19.2 Å². The Labute approximate surface area is 310 Å². The van der Waals surface area contributed by atoms with Crippen molar-refractivity contribution in [2.75, 3.05) is 26.2 Å². The van der Waals surface area contributed by atoms with Crippen molar-refractivity contribution in [2.24, 2.45) is 34.0 Å². The Balaban J connectivity index is 1.86. The van der Waals surface area contributed by atoms with Crippen LogP contribution in [-0.2, 0) is 23.9 Å². The van der Waals surface area contributed by atoms with Crippen molar-refractivity contribution in [3.63, 3.8) is 0 Å². The monoisotopic (exact) mass is 728 g/mol. The van der Waals surface area contributed by atoms with Crippen molar-refractivity contribution in [3.8, 4) is 12.3 Å². The van der Waals surface area contributed by atoms with Crippen molar-refractivity contribution < 1.29 is 33.5 Å². The molecular weight excluding hydrogens is 664 g/mol. The Hall–Kier alpha value is -3.82. The number of piperidine rings is 1. The molecule has 3 fully saturated rings. The summed E-state index contributed by atoms with van der Waals surface area (Å²) in [5, 5.41) is 14.1.